The van der Waals surface area contributed by atoms with Crippen LogP contribution in [0.1, 0.15) is 58.3 Å². The van der Waals surface area contributed by atoms with E-state index in [9.17, 15) is 0 Å². The molecular formula is C13H25N3. The molecule has 1 rings (SSSR count). The lowest BCUT2D eigenvalue weighted by Gasteiger charge is -2.04. The average molecular weight is 223 g/mol. The molecule has 1 heterocycles. The Bertz CT molecular complexity index is 268. The van der Waals surface area contributed by atoms with Crippen molar-refractivity contribution in [3.63, 3.8) is 0 Å². The van der Waals surface area contributed by atoms with E-state index in [1.807, 2.05) is 10.8 Å². The van der Waals surface area contributed by atoms with Gasteiger partial charge in [0, 0.05) is 18.9 Å². The van der Waals surface area contributed by atoms with Crippen LogP contribution in [0.25, 0.3) is 0 Å². The quantitative estimate of drug-likeness (QED) is 0.650. The van der Waals surface area contributed by atoms with Gasteiger partial charge in [0.2, 0.25) is 0 Å². The maximum atomic E-state index is 5.69. The summed E-state index contributed by atoms with van der Waals surface area (Å²) in [4.78, 5) is 4.01. The van der Waals surface area contributed by atoms with Crippen molar-refractivity contribution in [2.45, 2.75) is 64.8 Å². The van der Waals surface area contributed by atoms with E-state index >= 15 is 0 Å². The molecule has 3 heteroatoms. The van der Waals surface area contributed by atoms with Crippen molar-refractivity contribution in [3.8, 4) is 0 Å². The van der Waals surface area contributed by atoms with Crippen LogP contribution in [0.4, 0.5) is 5.95 Å². The summed E-state index contributed by atoms with van der Waals surface area (Å²) in [5, 5.41) is 0. The van der Waals surface area contributed by atoms with Crippen molar-refractivity contribution in [2.24, 2.45) is 0 Å². The number of hydrogen-bond donors (Lipinski definition) is 1. The van der Waals surface area contributed by atoms with Crippen molar-refractivity contribution in [1.82, 2.24) is 9.55 Å². The zero-order valence-electron chi connectivity index (χ0n) is 10.5. The van der Waals surface area contributed by atoms with Crippen LogP contribution in [0.2, 0.25) is 0 Å². The third kappa shape index (κ3) is 5.19. The van der Waals surface area contributed by atoms with Gasteiger partial charge in [-0.05, 0) is 6.42 Å². The second-order valence-corrected chi connectivity index (χ2v) is 4.45. The highest BCUT2D eigenvalue weighted by Crippen LogP contribution is 2.09. The fourth-order valence-electron chi connectivity index (χ4n) is 1.95. The van der Waals surface area contributed by atoms with Crippen LogP contribution in [0.15, 0.2) is 12.4 Å². The molecule has 0 aliphatic heterocycles. The second-order valence-electron chi connectivity index (χ2n) is 4.45. The number of nitrogens with two attached hydrogens (primary N) is 1. The van der Waals surface area contributed by atoms with Crippen LogP contribution in [-0.4, -0.2) is 9.55 Å². The van der Waals surface area contributed by atoms with Crippen LogP contribution >= 0.6 is 0 Å². The topological polar surface area (TPSA) is 43.8 Å². The molecule has 1 aromatic rings. The van der Waals surface area contributed by atoms with Gasteiger partial charge in [-0.1, -0.05) is 51.9 Å². The van der Waals surface area contributed by atoms with Gasteiger partial charge in [-0.3, -0.25) is 0 Å². The third-order valence-electron chi connectivity index (χ3n) is 3.00. The number of imidazole rings is 1. The first-order valence-corrected chi connectivity index (χ1v) is 6.61. The molecule has 0 aliphatic carbocycles. The lowest BCUT2D eigenvalue weighted by atomic mass is 10.1. The Morgan fingerprint density at radius 2 is 1.69 bits per heavy atom. The first kappa shape index (κ1) is 13.1. The maximum absolute atomic E-state index is 5.69. The van der Waals surface area contributed by atoms with Gasteiger partial charge < -0.3 is 10.3 Å². The highest BCUT2D eigenvalue weighted by atomic mass is 15.1. The smallest absolute Gasteiger partial charge is 0.200 e. The van der Waals surface area contributed by atoms with Crippen LogP contribution in [0, 0.1) is 0 Å². The summed E-state index contributed by atoms with van der Waals surface area (Å²) < 4.78 is 2.02. The highest BCUT2D eigenvalue weighted by molar-refractivity contribution is 5.16. The number of aromatic nitrogens is 2. The lowest BCUT2D eigenvalue weighted by molar-refractivity contribution is 0.546. The molecular weight excluding hydrogens is 198 g/mol. The van der Waals surface area contributed by atoms with Crippen molar-refractivity contribution in [1.29, 1.82) is 0 Å². The summed E-state index contributed by atoms with van der Waals surface area (Å²) in [6, 6.07) is 0. The van der Waals surface area contributed by atoms with Gasteiger partial charge in [-0.15, -0.1) is 0 Å². The summed E-state index contributed by atoms with van der Waals surface area (Å²) in [6.45, 7) is 3.27. The Balaban J connectivity index is 1.91. The van der Waals surface area contributed by atoms with Crippen molar-refractivity contribution in [3.05, 3.63) is 12.4 Å². The standard InChI is InChI=1S/C13H25N3/c1-2-3-4-5-6-7-8-9-11-16-12-10-15-13(16)14/h10,12H,2-9,11H2,1H3,(H2,14,15). The van der Waals surface area contributed by atoms with Gasteiger partial charge in [-0.25, -0.2) is 4.98 Å². The molecule has 0 amide bonds. The molecule has 16 heavy (non-hydrogen) atoms. The summed E-state index contributed by atoms with van der Waals surface area (Å²) in [7, 11) is 0. The Morgan fingerprint density at radius 3 is 2.25 bits per heavy atom. The number of aryl methyl sites for hydroxylation is 1. The van der Waals surface area contributed by atoms with Crippen molar-refractivity contribution < 1.29 is 0 Å². The van der Waals surface area contributed by atoms with Gasteiger partial charge >= 0.3 is 0 Å². The summed E-state index contributed by atoms with van der Waals surface area (Å²) in [6.07, 6.45) is 14.5. The normalized spacial score (nSPS) is 10.8. The maximum Gasteiger partial charge on any atom is 0.200 e. The number of anilines is 1. The number of nitrogens with zero attached hydrogens (tertiary/aromatic N) is 2. The van der Waals surface area contributed by atoms with Gasteiger partial charge in [0.1, 0.15) is 0 Å². The van der Waals surface area contributed by atoms with E-state index in [0.29, 0.717) is 5.95 Å². The number of rotatable bonds is 9. The SMILES string of the molecule is CCCCCCCCCCn1ccnc1N. The number of unbranched alkanes of at least 4 members (excludes halogenated alkanes) is 7. The molecule has 1 aromatic heterocycles. The second kappa shape index (κ2) is 8.20. The van der Waals surface area contributed by atoms with Crippen LogP contribution in [-0.2, 0) is 6.54 Å². The lowest BCUT2D eigenvalue weighted by Crippen LogP contribution is -2.02. The predicted octanol–water partition coefficient (Wildman–Crippen LogP) is 3.61. The first-order valence-electron chi connectivity index (χ1n) is 6.61. The van der Waals surface area contributed by atoms with E-state index in [4.69, 9.17) is 5.73 Å². The molecule has 92 valence electrons. The zero-order chi connectivity index (χ0) is 11.6. The number of nitrogen functional groups attached to an aromatic ring is 1. The molecule has 0 radical (unpaired) electrons. The average Bonchev–Trinajstić information content (AvgIpc) is 2.68. The molecule has 0 saturated heterocycles. The first-order chi connectivity index (χ1) is 7.84. The van der Waals surface area contributed by atoms with E-state index in [1.54, 1.807) is 6.20 Å². The zero-order valence-corrected chi connectivity index (χ0v) is 10.5. The van der Waals surface area contributed by atoms with Crippen molar-refractivity contribution in [2.75, 3.05) is 5.73 Å². The largest absolute Gasteiger partial charge is 0.369 e. The highest BCUT2D eigenvalue weighted by Gasteiger charge is 1.96. The molecule has 0 saturated carbocycles. The van der Waals surface area contributed by atoms with E-state index in [1.165, 1.54) is 51.4 Å². The molecule has 0 bridgehead atoms. The molecule has 0 aliphatic rings. The molecule has 0 aromatic carbocycles. The van der Waals surface area contributed by atoms with Crippen LogP contribution in [0.5, 0.6) is 0 Å². The molecule has 0 unspecified atom stereocenters. The summed E-state index contributed by atoms with van der Waals surface area (Å²) in [5.41, 5.74) is 5.69. The Morgan fingerprint density at radius 1 is 1.06 bits per heavy atom. The number of hydrogen-bond acceptors (Lipinski definition) is 2. The molecule has 0 fully saturated rings. The molecule has 0 spiro atoms. The van der Waals surface area contributed by atoms with Gasteiger partial charge in [0.15, 0.2) is 5.95 Å². The minimum Gasteiger partial charge on any atom is -0.369 e. The minimum absolute atomic E-state index is 0.642. The van der Waals surface area contributed by atoms with Gasteiger partial charge in [0.05, 0.1) is 0 Å². The van der Waals surface area contributed by atoms with Crippen molar-refractivity contribution >= 4 is 5.95 Å². The summed E-state index contributed by atoms with van der Waals surface area (Å²) in [5.74, 6) is 0.642. The minimum atomic E-state index is 0.642. The van der Waals surface area contributed by atoms with E-state index in [2.05, 4.69) is 11.9 Å². The fourth-order valence-corrected chi connectivity index (χ4v) is 1.95. The van der Waals surface area contributed by atoms with Crippen LogP contribution in [0.3, 0.4) is 0 Å². The monoisotopic (exact) mass is 223 g/mol. The molecule has 3 nitrogen and oxygen atoms in total. The van der Waals surface area contributed by atoms with Gasteiger partial charge in [0.25, 0.3) is 0 Å². The van der Waals surface area contributed by atoms with E-state index < -0.39 is 0 Å². The molecule has 2 N–H and O–H groups in total. The van der Waals surface area contributed by atoms with E-state index in [-0.39, 0.29) is 0 Å². The third-order valence-corrected chi connectivity index (χ3v) is 3.00. The fraction of sp³-hybridized carbons (Fsp3) is 0.769. The summed E-state index contributed by atoms with van der Waals surface area (Å²) >= 11 is 0. The van der Waals surface area contributed by atoms with E-state index in [0.717, 1.165) is 6.54 Å². The Labute approximate surface area is 99.1 Å². The predicted molar refractivity (Wildman–Crippen MR) is 69.2 cm³/mol. The van der Waals surface area contributed by atoms with Crippen LogP contribution < -0.4 is 5.73 Å². The van der Waals surface area contributed by atoms with Gasteiger partial charge in [-0.2, -0.15) is 0 Å². The Kier molecular flexibility index (Phi) is 6.70. The Hall–Kier alpha value is -0.990. The molecule has 0 atom stereocenters.